The molecule has 0 radical (unpaired) electrons. The predicted octanol–water partition coefficient (Wildman–Crippen LogP) is 4.88. The third-order valence-electron chi connectivity index (χ3n) is 4.38. The molecular weight excluding hydrogens is 449 g/mol. The van der Waals surface area contributed by atoms with Crippen LogP contribution in [0.2, 0.25) is 10.0 Å². The second-order valence-electron chi connectivity index (χ2n) is 6.92. The van der Waals surface area contributed by atoms with E-state index in [0.717, 1.165) is 16.7 Å². The van der Waals surface area contributed by atoms with Crippen molar-refractivity contribution in [1.29, 1.82) is 0 Å². The number of carbonyl (C=O) groups excluding carboxylic acids is 3. The van der Waals surface area contributed by atoms with Gasteiger partial charge in [-0.15, -0.1) is 0 Å². The highest BCUT2D eigenvalue weighted by Gasteiger charge is 2.35. The van der Waals surface area contributed by atoms with Crippen LogP contribution in [0.25, 0.3) is 6.08 Å². The highest BCUT2D eigenvalue weighted by Crippen LogP contribution is 2.33. The van der Waals surface area contributed by atoms with Crippen molar-refractivity contribution in [2.24, 2.45) is 0 Å². The van der Waals surface area contributed by atoms with E-state index < -0.39 is 11.1 Å². The average molecular weight is 468 g/mol. The van der Waals surface area contributed by atoms with Crippen LogP contribution in [0.1, 0.15) is 47.1 Å². The largest absolute Gasteiger partial charge is 0.360 e. The van der Waals surface area contributed by atoms with Gasteiger partial charge >= 0.3 is 0 Å². The highest BCUT2D eigenvalue weighted by molar-refractivity contribution is 8.18. The molecule has 1 aromatic carbocycles. The predicted molar refractivity (Wildman–Crippen MR) is 117 cm³/mol. The first-order valence-electron chi connectivity index (χ1n) is 9.13. The Morgan fingerprint density at radius 1 is 1.33 bits per heavy atom. The summed E-state index contributed by atoms with van der Waals surface area (Å²) < 4.78 is 5.22. The van der Waals surface area contributed by atoms with Gasteiger partial charge in [-0.25, -0.2) is 0 Å². The van der Waals surface area contributed by atoms with Crippen LogP contribution in [0.15, 0.2) is 27.6 Å². The molecule has 1 saturated heterocycles. The number of hydrogen-bond donors (Lipinski definition) is 1. The first-order valence-corrected chi connectivity index (χ1v) is 10.7. The molecule has 1 aliphatic rings. The van der Waals surface area contributed by atoms with E-state index in [1.165, 1.54) is 0 Å². The van der Waals surface area contributed by atoms with E-state index in [1.54, 1.807) is 31.2 Å². The number of nitrogens with one attached hydrogen (secondary N) is 1. The first kappa shape index (κ1) is 22.4. The van der Waals surface area contributed by atoms with Crippen LogP contribution in [0, 0.1) is 6.92 Å². The van der Waals surface area contributed by atoms with Crippen LogP contribution in [-0.2, 0) is 4.79 Å². The van der Waals surface area contributed by atoms with Crippen molar-refractivity contribution in [1.82, 2.24) is 15.4 Å². The molecule has 1 aromatic heterocycles. The van der Waals surface area contributed by atoms with E-state index in [0.29, 0.717) is 32.6 Å². The Hall–Kier alpha value is -2.29. The first-order chi connectivity index (χ1) is 14.2. The van der Waals surface area contributed by atoms with E-state index in [1.807, 2.05) is 13.8 Å². The maximum Gasteiger partial charge on any atom is 0.293 e. The van der Waals surface area contributed by atoms with Gasteiger partial charge in [0.2, 0.25) is 0 Å². The van der Waals surface area contributed by atoms with Gasteiger partial charge in [-0.05, 0) is 42.5 Å². The highest BCUT2D eigenvalue weighted by atomic mass is 35.5. The minimum atomic E-state index is -0.436. The third-order valence-corrected chi connectivity index (χ3v) is 5.85. The molecule has 1 fully saturated rings. The number of hydrogen-bond acceptors (Lipinski definition) is 6. The molecule has 10 heteroatoms. The average Bonchev–Trinajstić information content (AvgIpc) is 3.18. The zero-order valence-electron chi connectivity index (χ0n) is 16.5. The number of carbonyl (C=O) groups is 3. The van der Waals surface area contributed by atoms with Crippen LogP contribution in [0.5, 0.6) is 0 Å². The Morgan fingerprint density at radius 3 is 2.73 bits per heavy atom. The van der Waals surface area contributed by atoms with Gasteiger partial charge in [0.25, 0.3) is 17.1 Å². The fourth-order valence-corrected chi connectivity index (χ4v) is 4.20. The standard InChI is InChI=1S/C20H19Cl2N3O4S/c1-10(2)17-16(11(3)24-29-17)18(26)23-6-7-25-19(27)15(30-20(25)28)8-12-4-5-13(21)9-14(12)22/h4-5,8-10H,6-7H2,1-3H3,(H,23,26)/b15-8-. The van der Waals surface area contributed by atoms with E-state index in [9.17, 15) is 14.4 Å². The number of nitrogens with zero attached hydrogens (tertiary/aromatic N) is 2. The van der Waals surface area contributed by atoms with Crippen LogP contribution >= 0.6 is 35.0 Å². The fraction of sp³-hybridized carbons (Fsp3) is 0.300. The molecule has 1 N–H and O–H groups in total. The van der Waals surface area contributed by atoms with Gasteiger partial charge < -0.3 is 9.84 Å². The molecule has 0 saturated carbocycles. The molecule has 2 heterocycles. The number of aromatic nitrogens is 1. The molecule has 0 unspecified atom stereocenters. The summed E-state index contributed by atoms with van der Waals surface area (Å²) in [6.07, 6.45) is 1.55. The summed E-state index contributed by atoms with van der Waals surface area (Å²) in [5.41, 5.74) is 1.46. The smallest absolute Gasteiger partial charge is 0.293 e. The number of thioether (sulfide) groups is 1. The molecule has 7 nitrogen and oxygen atoms in total. The minimum absolute atomic E-state index is 0.00234. The van der Waals surface area contributed by atoms with Crippen molar-refractivity contribution in [3.05, 3.63) is 55.7 Å². The number of aryl methyl sites for hydroxylation is 1. The Kier molecular flexibility index (Phi) is 6.90. The molecular formula is C20H19Cl2N3O4S. The van der Waals surface area contributed by atoms with Gasteiger partial charge in [0.1, 0.15) is 5.56 Å². The number of imide groups is 1. The van der Waals surface area contributed by atoms with Crippen LogP contribution < -0.4 is 5.32 Å². The number of rotatable bonds is 6. The quantitative estimate of drug-likeness (QED) is 0.608. The second-order valence-corrected chi connectivity index (χ2v) is 8.75. The van der Waals surface area contributed by atoms with Crippen LogP contribution in [0.3, 0.4) is 0 Å². The lowest BCUT2D eigenvalue weighted by molar-refractivity contribution is -0.122. The summed E-state index contributed by atoms with van der Waals surface area (Å²) in [6, 6.07) is 4.89. The van der Waals surface area contributed by atoms with Gasteiger partial charge in [0.05, 0.1) is 10.6 Å². The lowest BCUT2D eigenvalue weighted by Gasteiger charge is -2.13. The fourth-order valence-electron chi connectivity index (χ4n) is 2.88. The van der Waals surface area contributed by atoms with E-state index in [4.69, 9.17) is 27.7 Å². The third kappa shape index (κ3) is 4.71. The van der Waals surface area contributed by atoms with Crippen molar-refractivity contribution in [2.45, 2.75) is 26.7 Å². The zero-order chi connectivity index (χ0) is 22.0. The topological polar surface area (TPSA) is 92.5 Å². The van der Waals surface area contributed by atoms with E-state index in [2.05, 4.69) is 10.5 Å². The van der Waals surface area contributed by atoms with E-state index >= 15 is 0 Å². The molecule has 0 spiro atoms. The summed E-state index contributed by atoms with van der Waals surface area (Å²) in [5.74, 6) is -0.293. The molecule has 3 amide bonds. The van der Waals surface area contributed by atoms with Crippen LogP contribution in [-0.4, -0.2) is 40.2 Å². The monoisotopic (exact) mass is 467 g/mol. The SMILES string of the molecule is Cc1noc(C(C)C)c1C(=O)NCCN1C(=O)S/C(=C\c2ccc(Cl)cc2Cl)C1=O. The molecule has 0 atom stereocenters. The normalized spacial score (nSPS) is 15.5. The molecule has 158 valence electrons. The van der Waals surface area contributed by atoms with Crippen LogP contribution in [0.4, 0.5) is 4.79 Å². The van der Waals surface area contributed by atoms with Crippen molar-refractivity contribution < 1.29 is 18.9 Å². The molecule has 0 bridgehead atoms. The zero-order valence-corrected chi connectivity index (χ0v) is 18.8. The van der Waals surface area contributed by atoms with Gasteiger partial charge in [-0.1, -0.05) is 48.3 Å². The van der Waals surface area contributed by atoms with Gasteiger partial charge in [-0.3, -0.25) is 19.3 Å². The maximum absolute atomic E-state index is 12.6. The van der Waals surface area contributed by atoms with Crippen molar-refractivity contribution >= 4 is 58.1 Å². The molecule has 30 heavy (non-hydrogen) atoms. The molecule has 1 aliphatic heterocycles. The Bertz CT molecular complexity index is 1050. The van der Waals surface area contributed by atoms with Crippen molar-refractivity contribution in [3.8, 4) is 0 Å². The Morgan fingerprint density at radius 2 is 2.07 bits per heavy atom. The second kappa shape index (κ2) is 9.24. The Labute approximate surface area is 187 Å². The maximum atomic E-state index is 12.6. The summed E-state index contributed by atoms with van der Waals surface area (Å²) in [7, 11) is 0. The summed E-state index contributed by atoms with van der Waals surface area (Å²) in [6.45, 7) is 5.64. The minimum Gasteiger partial charge on any atom is -0.360 e. The summed E-state index contributed by atoms with van der Waals surface area (Å²) in [5, 5.41) is 7.02. The number of amides is 3. The molecule has 3 rings (SSSR count). The van der Waals surface area contributed by atoms with Crippen molar-refractivity contribution in [3.63, 3.8) is 0 Å². The lowest BCUT2D eigenvalue weighted by Crippen LogP contribution is -2.37. The van der Waals surface area contributed by atoms with Gasteiger partial charge in [0.15, 0.2) is 5.76 Å². The van der Waals surface area contributed by atoms with E-state index in [-0.39, 0.29) is 29.8 Å². The summed E-state index contributed by atoms with van der Waals surface area (Å²) >= 11 is 12.8. The lowest BCUT2D eigenvalue weighted by atomic mass is 10.0. The summed E-state index contributed by atoms with van der Waals surface area (Å²) in [4.78, 5) is 38.7. The van der Waals surface area contributed by atoms with Gasteiger partial charge in [-0.2, -0.15) is 0 Å². The number of benzene rings is 1. The number of halogens is 2. The Balaban J connectivity index is 1.65. The molecule has 2 aromatic rings. The molecule has 0 aliphatic carbocycles. The van der Waals surface area contributed by atoms with Gasteiger partial charge in [0, 0.05) is 29.1 Å². The van der Waals surface area contributed by atoms with Crippen molar-refractivity contribution in [2.75, 3.05) is 13.1 Å².